The number of allylic oxidation sites excluding steroid dienone is 1. The van der Waals surface area contributed by atoms with E-state index in [1.807, 2.05) is 44.3 Å². The first-order chi connectivity index (χ1) is 18.9. The van der Waals surface area contributed by atoms with E-state index in [9.17, 15) is 9.90 Å². The van der Waals surface area contributed by atoms with Gasteiger partial charge < -0.3 is 20.2 Å². The van der Waals surface area contributed by atoms with Crippen LogP contribution < -0.4 is 15.8 Å². The number of nitrogens with zero attached hydrogens (tertiary/aromatic N) is 8. The van der Waals surface area contributed by atoms with Crippen molar-refractivity contribution in [1.82, 2.24) is 34.4 Å². The van der Waals surface area contributed by atoms with Gasteiger partial charge in [-0.3, -0.25) is 4.79 Å². The average molecular weight is 528 g/mol. The summed E-state index contributed by atoms with van der Waals surface area (Å²) in [5.74, 6) is 1.62. The van der Waals surface area contributed by atoms with Gasteiger partial charge >= 0.3 is 0 Å². The van der Waals surface area contributed by atoms with Crippen LogP contribution in [0.4, 0.5) is 17.3 Å². The SMILES string of the molecule is CC=Cn1c(=O)c2nnc(Nc3ccc(N4CCN(C)CC4)cn3)cc2n1-c1ccc2c(n1)[C@@](O)(CC)CC2. The highest BCUT2D eigenvalue weighted by Gasteiger charge is 2.37. The summed E-state index contributed by atoms with van der Waals surface area (Å²) < 4.78 is 3.19. The maximum absolute atomic E-state index is 13.3. The van der Waals surface area contributed by atoms with Crippen LogP contribution in [0.25, 0.3) is 23.1 Å². The summed E-state index contributed by atoms with van der Waals surface area (Å²) in [5, 5.41) is 22.9. The first-order valence-electron chi connectivity index (χ1n) is 13.4. The van der Waals surface area contributed by atoms with Gasteiger partial charge in [-0.25, -0.2) is 19.3 Å². The van der Waals surface area contributed by atoms with Crippen molar-refractivity contribution >= 4 is 34.6 Å². The van der Waals surface area contributed by atoms with Crippen molar-refractivity contribution in [2.24, 2.45) is 0 Å². The van der Waals surface area contributed by atoms with E-state index in [0.29, 0.717) is 41.5 Å². The highest BCUT2D eigenvalue weighted by molar-refractivity contribution is 5.79. The highest BCUT2D eigenvalue weighted by atomic mass is 16.3. The summed E-state index contributed by atoms with van der Waals surface area (Å²) in [5.41, 5.74) is 2.31. The number of rotatable bonds is 6. The maximum atomic E-state index is 13.3. The van der Waals surface area contributed by atoms with E-state index in [0.717, 1.165) is 43.9 Å². The summed E-state index contributed by atoms with van der Waals surface area (Å²) >= 11 is 0. The van der Waals surface area contributed by atoms with Gasteiger partial charge in [-0.1, -0.05) is 19.1 Å². The molecule has 0 spiro atoms. The van der Waals surface area contributed by atoms with E-state index in [1.54, 1.807) is 23.0 Å². The van der Waals surface area contributed by atoms with Crippen molar-refractivity contribution in [3.8, 4) is 5.82 Å². The minimum atomic E-state index is -0.964. The number of aryl methyl sites for hydroxylation is 1. The topological polar surface area (TPSA) is 117 Å². The maximum Gasteiger partial charge on any atom is 0.299 e. The zero-order valence-corrected chi connectivity index (χ0v) is 22.5. The van der Waals surface area contributed by atoms with Crippen LogP contribution in [-0.4, -0.2) is 72.8 Å². The Morgan fingerprint density at radius 1 is 1.10 bits per heavy atom. The number of aliphatic hydroxyl groups is 1. The summed E-state index contributed by atoms with van der Waals surface area (Å²) in [6, 6.07) is 9.62. The molecule has 0 aromatic carbocycles. The first-order valence-corrected chi connectivity index (χ1v) is 13.4. The monoisotopic (exact) mass is 527 g/mol. The van der Waals surface area contributed by atoms with E-state index in [-0.39, 0.29) is 11.1 Å². The van der Waals surface area contributed by atoms with Crippen LogP contribution in [0.2, 0.25) is 0 Å². The number of hydrogen-bond acceptors (Lipinski definition) is 9. The van der Waals surface area contributed by atoms with Crippen LogP contribution in [0.5, 0.6) is 0 Å². The average Bonchev–Trinajstić information content (AvgIpc) is 3.43. The van der Waals surface area contributed by atoms with Gasteiger partial charge in [0.05, 0.1) is 17.6 Å². The number of anilines is 3. The number of likely N-dealkylation sites (N-methyl/N-ethyl adjacent to an activating group) is 1. The van der Waals surface area contributed by atoms with Gasteiger partial charge in [-0.2, -0.15) is 0 Å². The minimum absolute atomic E-state index is 0.227. The summed E-state index contributed by atoms with van der Waals surface area (Å²) in [4.78, 5) is 27.4. The molecular formula is C28H33N9O2. The Kier molecular flexibility index (Phi) is 6.40. The Labute approximate surface area is 226 Å². The number of nitrogens with one attached hydrogen (secondary N) is 1. The lowest BCUT2D eigenvalue weighted by Gasteiger charge is -2.33. The third kappa shape index (κ3) is 4.47. The number of hydrogen-bond donors (Lipinski definition) is 2. The van der Waals surface area contributed by atoms with E-state index < -0.39 is 5.60 Å². The molecule has 0 radical (unpaired) electrons. The molecule has 11 nitrogen and oxygen atoms in total. The molecule has 1 saturated heterocycles. The van der Waals surface area contributed by atoms with Crippen LogP contribution >= 0.6 is 0 Å². The summed E-state index contributed by atoms with van der Waals surface area (Å²) in [6.45, 7) is 7.81. The Hall–Kier alpha value is -4.09. The van der Waals surface area contributed by atoms with Crippen LogP contribution in [0, 0.1) is 0 Å². The number of piperazine rings is 1. The molecule has 6 rings (SSSR count). The van der Waals surface area contributed by atoms with E-state index in [4.69, 9.17) is 4.98 Å². The standard InChI is InChI=1S/C28H33N9O2/c1-4-12-36-27(38)25-21(37(36)24-9-6-19-10-11-28(39,5-2)26(19)31-24)17-23(32-33-25)30-22-8-7-20(18-29-22)35-15-13-34(3)14-16-35/h4,6-9,12,17-18,39H,5,10-11,13-16H2,1-3H3,(H,29,30,32)/t28-/m1/s1. The van der Waals surface area contributed by atoms with Crippen molar-refractivity contribution < 1.29 is 5.11 Å². The van der Waals surface area contributed by atoms with E-state index in [2.05, 4.69) is 37.3 Å². The molecule has 0 amide bonds. The number of aromatic nitrogens is 6. The largest absolute Gasteiger partial charge is 0.384 e. The molecular weight excluding hydrogens is 494 g/mol. The van der Waals surface area contributed by atoms with Crippen molar-refractivity contribution in [1.29, 1.82) is 0 Å². The van der Waals surface area contributed by atoms with Gasteiger partial charge in [0.2, 0.25) is 0 Å². The van der Waals surface area contributed by atoms with Gasteiger partial charge in [-0.05, 0) is 57.0 Å². The Morgan fingerprint density at radius 3 is 2.64 bits per heavy atom. The van der Waals surface area contributed by atoms with Crippen LogP contribution in [0.3, 0.4) is 0 Å². The normalized spacial score (nSPS) is 19.7. The smallest absolute Gasteiger partial charge is 0.299 e. The molecule has 1 aliphatic carbocycles. The molecule has 4 aromatic heterocycles. The quantitative estimate of drug-likeness (QED) is 0.390. The second kappa shape index (κ2) is 9.90. The van der Waals surface area contributed by atoms with Gasteiger partial charge in [0.25, 0.3) is 5.56 Å². The zero-order chi connectivity index (χ0) is 27.1. The molecule has 2 aliphatic rings. The van der Waals surface area contributed by atoms with Crippen LogP contribution in [0.1, 0.15) is 37.9 Å². The molecule has 1 atom stereocenters. The van der Waals surface area contributed by atoms with Crippen LogP contribution in [-0.2, 0) is 12.0 Å². The van der Waals surface area contributed by atoms with Crippen molar-refractivity contribution in [2.75, 3.05) is 43.4 Å². The molecule has 0 unspecified atom stereocenters. The molecule has 11 heteroatoms. The third-order valence-corrected chi connectivity index (χ3v) is 7.81. The highest BCUT2D eigenvalue weighted by Crippen LogP contribution is 2.38. The van der Waals surface area contributed by atoms with Gasteiger partial charge in [0.15, 0.2) is 17.2 Å². The molecule has 1 fully saturated rings. The molecule has 5 heterocycles. The lowest BCUT2D eigenvalue weighted by Crippen LogP contribution is -2.44. The Bertz CT molecular complexity index is 1600. The number of fused-ring (bicyclic) bond motifs is 2. The number of pyridine rings is 2. The fourth-order valence-corrected chi connectivity index (χ4v) is 5.43. The molecule has 0 saturated carbocycles. The molecule has 202 valence electrons. The molecule has 0 bridgehead atoms. The van der Waals surface area contributed by atoms with E-state index in [1.165, 1.54) is 4.68 Å². The predicted molar refractivity (Wildman–Crippen MR) is 152 cm³/mol. The van der Waals surface area contributed by atoms with Crippen LogP contribution in [0.15, 0.2) is 47.4 Å². The lowest BCUT2D eigenvalue weighted by molar-refractivity contribution is 0.0306. The lowest BCUT2D eigenvalue weighted by atomic mass is 9.98. The molecule has 39 heavy (non-hydrogen) atoms. The predicted octanol–water partition coefficient (Wildman–Crippen LogP) is 2.90. The third-order valence-electron chi connectivity index (χ3n) is 7.81. The van der Waals surface area contributed by atoms with Gasteiger partial charge in [0, 0.05) is 38.4 Å². The summed E-state index contributed by atoms with van der Waals surface area (Å²) in [6.07, 6.45) is 7.32. The fraction of sp³-hybridized carbons (Fsp3) is 0.393. The fourth-order valence-electron chi connectivity index (χ4n) is 5.43. The van der Waals surface area contributed by atoms with Crippen molar-refractivity contribution in [2.45, 2.75) is 38.7 Å². The zero-order valence-electron chi connectivity index (χ0n) is 22.5. The minimum Gasteiger partial charge on any atom is -0.384 e. The second-order valence-corrected chi connectivity index (χ2v) is 10.3. The molecule has 4 aromatic rings. The Morgan fingerprint density at radius 2 is 1.92 bits per heavy atom. The Balaban J connectivity index is 1.36. The van der Waals surface area contributed by atoms with Gasteiger partial charge in [-0.15, -0.1) is 10.2 Å². The second-order valence-electron chi connectivity index (χ2n) is 10.3. The molecule has 2 N–H and O–H groups in total. The summed E-state index contributed by atoms with van der Waals surface area (Å²) in [7, 11) is 2.14. The van der Waals surface area contributed by atoms with Crippen molar-refractivity contribution in [3.63, 3.8) is 0 Å². The van der Waals surface area contributed by atoms with Gasteiger partial charge in [0.1, 0.15) is 16.9 Å². The van der Waals surface area contributed by atoms with Crippen molar-refractivity contribution in [3.05, 3.63) is 64.2 Å². The molecule has 1 aliphatic heterocycles. The van der Waals surface area contributed by atoms with E-state index >= 15 is 0 Å². The first kappa shape index (κ1) is 25.2.